The van der Waals surface area contributed by atoms with Gasteiger partial charge in [-0.1, -0.05) is 5.22 Å². The quantitative estimate of drug-likeness (QED) is 0.288. The second-order valence-corrected chi connectivity index (χ2v) is 3.65. The highest BCUT2D eigenvalue weighted by Gasteiger charge is 1.97. The van der Waals surface area contributed by atoms with Crippen LogP contribution in [0.2, 0.25) is 0 Å². The second-order valence-electron chi connectivity index (χ2n) is 3.65. The van der Waals surface area contributed by atoms with Crippen molar-refractivity contribution in [3.8, 4) is 0 Å². The number of hydrogen-bond acceptors (Lipinski definition) is 3. The number of allylic oxidation sites excluding steroid dienone is 1. The van der Waals surface area contributed by atoms with E-state index in [9.17, 15) is 0 Å². The average molecular weight is 198 g/mol. The van der Waals surface area contributed by atoms with E-state index >= 15 is 0 Å². The van der Waals surface area contributed by atoms with Crippen molar-refractivity contribution in [2.24, 2.45) is 10.3 Å². The van der Waals surface area contributed by atoms with Crippen LogP contribution in [0.1, 0.15) is 0 Å². The standard InChI is InChI=1S/C9H20N5/c1-12(2)7-9(8-13(3)4)10-11-14(5)6/h7-8H,1-6H3/q+1. The van der Waals surface area contributed by atoms with Crippen LogP contribution in [0.25, 0.3) is 0 Å². The van der Waals surface area contributed by atoms with Gasteiger partial charge < -0.3 is 4.90 Å². The summed E-state index contributed by atoms with van der Waals surface area (Å²) in [4.78, 5) is 1.93. The predicted molar refractivity (Wildman–Crippen MR) is 58.5 cm³/mol. The Bertz CT molecular complexity index is 246. The lowest BCUT2D eigenvalue weighted by atomic mass is 10.5. The van der Waals surface area contributed by atoms with Gasteiger partial charge in [0.2, 0.25) is 0 Å². The Morgan fingerprint density at radius 3 is 2.07 bits per heavy atom. The van der Waals surface area contributed by atoms with Crippen LogP contribution >= 0.6 is 0 Å². The summed E-state index contributed by atoms with van der Waals surface area (Å²) in [6, 6.07) is 0. The smallest absolute Gasteiger partial charge is 0.192 e. The highest BCUT2D eigenvalue weighted by molar-refractivity contribution is 5.73. The zero-order valence-electron chi connectivity index (χ0n) is 9.89. The van der Waals surface area contributed by atoms with E-state index in [0.29, 0.717) is 0 Å². The SMILES string of the molecule is CN(C)/C=C(/C=[N+](C)C)N=NN(C)C. The third kappa shape index (κ3) is 7.27. The van der Waals surface area contributed by atoms with Crippen molar-refractivity contribution in [1.82, 2.24) is 9.91 Å². The molecule has 5 heteroatoms. The molecule has 0 spiro atoms. The summed E-state index contributed by atoms with van der Waals surface area (Å²) in [5.74, 6) is 0. The molecule has 0 heterocycles. The molecular weight excluding hydrogens is 178 g/mol. The van der Waals surface area contributed by atoms with Gasteiger partial charge in [0.05, 0.1) is 0 Å². The van der Waals surface area contributed by atoms with Crippen LogP contribution in [0.4, 0.5) is 0 Å². The third-order valence-electron chi connectivity index (χ3n) is 1.12. The molecule has 0 aliphatic rings. The molecular formula is C9H20N5+. The van der Waals surface area contributed by atoms with Crippen LogP contribution in [0.3, 0.4) is 0 Å². The maximum atomic E-state index is 4.08. The van der Waals surface area contributed by atoms with Gasteiger partial charge in [-0.2, -0.15) is 0 Å². The van der Waals surface area contributed by atoms with Gasteiger partial charge in [0.1, 0.15) is 14.1 Å². The molecule has 0 aromatic heterocycles. The second kappa shape index (κ2) is 6.12. The van der Waals surface area contributed by atoms with Crippen molar-refractivity contribution in [3.05, 3.63) is 11.9 Å². The van der Waals surface area contributed by atoms with Gasteiger partial charge in [-0.05, 0) is 0 Å². The normalized spacial score (nSPS) is 11.7. The molecule has 0 fully saturated rings. The molecule has 5 nitrogen and oxygen atoms in total. The van der Waals surface area contributed by atoms with Crippen LogP contribution in [0.15, 0.2) is 22.2 Å². The summed E-state index contributed by atoms with van der Waals surface area (Å²) in [7, 11) is 11.5. The first-order valence-electron chi connectivity index (χ1n) is 4.40. The lowest BCUT2D eigenvalue weighted by Crippen LogP contribution is -2.07. The molecule has 0 aromatic carbocycles. The van der Waals surface area contributed by atoms with E-state index in [-0.39, 0.29) is 0 Å². The molecule has 0 aliphatic carbocycles. The van der Waals surface area contributed by atoms with Gasteiger partial charge in [0, 0.05) is 34.4 Å². The van der Waals surface area contributed by atoms with E-state index in [1.54, 1.807) is 5.01 Å². The molecule has 80 valence electrons. The third-order valence-corrected chi connectivity index (χ3v) is 1.12. The minimum absolute atomic E-state index is 0.814. The Morgan fingerprint density at radius 1 is 1.14 bits per heavy atom. The fourth-order valence-electron chi connectivity index (χ4n) is 0.755. The van der Waals surface area contributed by atoms with Crippen molar-refractivity contribution < 1.29 is 4.58 Å². The van der Waals surface area contributed by atoms with Crippen molar-refractivity contribution in [3.63, 3.8) is 0 Å². The minimum Gasteiger partial charge on any atom is -0.382 e. The topological polar surface area (TPSA) is 34.2 Å². The van der Waals surface area contributed by atoms with Gasteiger partial charge in [-0.15, -0.1) is 5.11 Å². The van der Waals surface area contributed by atoms with Gasteiger partial charge in [0.15, 0.2) is 11.9 Å². The molecule has 0 saturated heterocycles. The average Bonchev–Trinajstić information content (AvgIpc) is 1.97. The van der Waals surface area contributed by atoms with E-state index in [1.165, 1.54) is 0 Å². The Kier molecular flexibility index (Phi) is 5.52. The summed E-state index contributed by atoms with van der Waals surface area (Å²) in [5.41, 5.74) is 0.814. The van der Waals surface area contributed by atoms with Crippen molar-refractivity contribution in [1.29, 1.82) is 0 Å². The predicted octanol–water partition coefficient (Wildman–Crippen LogP) is 0.661. The first-order valence-corrected chi connectivity index (χ1v) is 4.40. The first kappa shape index (κ1) is 12.6. The molecule has 0 unspecified atom stereocenters. The lowest BCUT2D eigenvalue weighted by molar-refractivity contribution is -0.459. The van der Waals surface area contributed by atoms with Crippen molar-refractivity contribution in [2.75, 3.05) is 42.3 Å². The van der Waals surface area contributed by atoms with Gasteiger partial charge in [-0.3, -0.25) is 5.01 Å². The summed E-state index contributed by atoms with van der Waals surface area (Å²) in [5, 5.41) is 9.67. The number of nitrogens with zero attached hydrogens (tertiary/aromatic N) is 5. The van der Waals surface area contributed by atoms with E-state index < -0.39 is 0 Å². The molecule has 0 atom stereocenters. The summed E-state index contributed by atoms with van der Waals surface area (Å²) in [6.45, 7) is 0. The molecule has 0 saturated carbocycles. The largest absolute Gasteiger partial charge is 0.382 e. The highest BCUT2D eigenvalue weighted by atomic mass is 15.5. The zero-order chi connectivity index (χ0) is 11.1. The van der Waals surface area contributed by atoms with E-state index in [1.807, 2.05) is 64.2 Å². The number of rotatable bonds is 4. The summed E-state index contributed by atoms with van der Waals surface area (Å²) < 4.78 is 1.93. The molecule has 0 N–H and O–H groups in total. The molecule has 0 rings (SSSR count). The molecule has 0 bridgehead atoms. The number of hydrogen-bond donors (Lipinski definition) is 0. The van der Waals surface area contributed by atoms with Crippen molar-refractivity contribution >= 4 is 6.21 Å². The maximum Gasteiger partial charge on any atom is 0.192 e. The Labute approximate surface area is 86.0 Å². The fourth-order valence-corrected chi connectivity index (χ4v) is 0.755. The van der Waals surface area contributed by atoms with Crippen LogP contribution in [-0.2, 0) is 0 Å². The molecule has 0 amide bonds. The van der Waals surface area contributed by atoms with E-state index in [2.05, 4.69) is 10.3 Å². The van der Waals surface area contributed by atoms with Crippen molar-refractivity contribution in [2.45, 2.75) is 0 Å². The fraction of sp³-hybridized carbons (Fsp3) is 0.667. The Balaban J connectivity index is 4.66. The van der Waals surface area contributed by atoms with Crippen LogP contribution < -0.4 is 0 Å². The van der Waals surface area contributed by atoms with Gasteiger partial charge in [0.25, 0.3) is 0 Å². The molecule has 0 aliphatic heterocycles. The molecule has 14 heavy (non-hydrogen) atoms. The van der Waals surface area contributed by atoms with Crippen LogP contribution in [-0.4, -0.2) is 63.0 Å². The van der Waals surface area contributed by atoms with Gasteiger partial charge >= 0.3 is 0 Å². The minimum atomic E-state index is 0.814. The monoisotopic (exact) mass is 198 g/mol. The maximum absolute atomic E-state index is 4.08. The van der Waals surface area contributed by atoms with E-state index in [0.717, 1.165) is 5.70 Å². The summed E-state index contributed by atoms with van der Waals surface area (Å²) in [6.07, 6.45) is 3.82. The summed E-state index contributed by atoms with van der Waals surface area (Å²) >= 11 is 0. The van der Waals surface area contributed by atoms with Crippen LogP contribution in [0.5, 0.6) is 0 Å². The molecule has 0 aromatic rings. The molecule has 0 radical (unpaired) electrons. The zero-order valence-corrected chi connectivity index (χ0v) is 9.89. The Hall–Kier alpha value is -1.39. The lowest BCUT2D eigenvalue weighted by Gasteiger charge is -2.04. The highest BCUT2D eigenvalue weighted by Crippen LogP contribution is 1.96. The van der Waals surface area contributed by atoms with E-state index in [4.69, 9.17) is 0 Å². The Morgan fingerprint density at radius 2 is 1.71 bits per heavy atom. The van der Waals surface area contributed by atoms with Crippen LogP contribution in [0, 0.1) is 0 Å². The van der Waals surface area contributed by atoms with Gasteiger partial charge in [-0.25, -0.2) is 4.58 Å². The first-order chi connectivity index (χ1) is 6.41.